The highest BCUT2D eigenvalue weighted by Gasteiger charge is 2.23. The van der Waals surface area contributed by atoms with E-state index in [4.69, 9.17) is 4.74 Å². The minimum Gasteiger partial charge on any atom is -0.489 e. The zero-order valence-electron chi connectivity index (χ0n) is 12.1. The number of hydrogen-bond donors (Lipinski definition) is 1. The van der Waals surface area contributed by atoms with Gasteiger partial charge < -0.3 is 10.1 Å². The number of hydrogen-bond acceptors (Lipinski definition) is 2. The predicted molar refractivity (Wildman–Crippen MR) is 82.1 cm³/mol. The van der Waals surface area contributed by atoms with Crippen LogP contribution in [0, 0.1) is 6.92 Å². The summed E-state index contributed by atoms with van der Waals surface area (Å²) in [6, 6.07) is 15.4. The summed E-state index contributed by atoms with van der Waals surface area (Å²) in [7, 11) is 2.03. The number of aryl methyl sites for hydroxylation is 1. The van der Waals surface area contributed by atoms with Crippen LogP contribution in [-0.2, 0) is 13.0 Å². The fourth-order valence-corrected chi connectivity index (χ4v) is 2.90. The van der Waals surface area contributed by atoms with Crippen LogP contribution >= 0.6 is 0 Å². The number of ether oxygens (including phenoxy) is 1. The molecule has 0 saturated carbocycles. The second kappa shape index (κ2) is 5.68. The molecule has 1 unspecified atom stereocenters. The Hall–Kier alpha value is -1.80. The van der Waals surface area contributed by atoms with Crippen LogP contribution in [-0.4, -0.2) is 7.05 Å². The molecule has 0 aliphatic heterocycles. The summed E-state index contributed by atoms with van der Waals surface area (Å²) in [5.41, 5.74) is 5.27. The lowest BCUT2D eigenvalue weighted by molar-refractivity contribution is 0.303. The fraction of sp³-hybridized carbons (Fsp3) is 0.333. The van der Waals surface area contributed by atoms with Crippen LogP contribution in [0.4, 0.5) is 0 Å². The molecule has 0 amide bonds. The summed E-state index contributed by atoms with van der Waals surface area (Å²) in [6.07, 6.45) is 2.27. The summed E-state index contributed by atoms with van der Waals surface area (Å²) < 4.78 is 6.04. The second-order valence-corrected chi connectivity index (χ2v) is 5.48. The average Bonchev–Trinajstić information content (AvgIpc) is 2.90. The lowest BCUT2D eigenvalue weighted by Crippen LogP contribution is -2.12. The first-order valence-corrected chi connectivity index (χ1v) is 7.25. The zero-order chi connectivity index (χ0) is 13.9. The maximum absolute atomic E-state index is 6.04. The average molecular weight is 267 g/mol. The molecule has 0 spiro atoms. The van der Waals surface area contributed by atoms with Crippen LogP contribution in [0.3, 0.4) is 0 Å². The molecule has 0 heterocycles. The van der Waals surface area contributed by atoms with Gasteiger partial charge in [-0.15, -0.1) is 0 Å². The van der Waals surface area contributed by atoms with Crippen molar-refractivity contribution in [2.24, 2.45) is 0 Å². The molecule has 1 atom stereocenters. The highest BCUT2D eigenvalue weighted by Crippen LogP contribution is 2.36. The molecule has 0 fully saturated rings. The van der Waals surface area contributed by atoms with Gasteiger partial charge in [0.1, 0.15) is 12.4 Å². The molecule has 2 nitrogen and oxygen atoms in total. The van der Waals surface area contributed by atoms with E-state index in [-0.39, 0.29) is 0 Å². The van der Waals surface area contributed by atoms with E-state index < -0.39 is 0 Å². The topological polar surface area (TPSA) is 21.3 Å². The highest BCUT2D eigenvalue weighted by molar-refractivity contribution is 5.45. The van der Waals surface area contributed by atoms with Gasteiger partial charge in [0.2, 0.25) is 0 Å². The van der Waals surface area contributed by atoms with Crippen molar-refractivity contribution in [3.05, 3.63) is 64.7 Å². The summed E-state index contributed by atoms with van der Waals surface area (Å²) in [5, 5.41) is 3.37. The summed E-state index contributed by atoms with van der Waals surface area (Å²) in [4.78, 5) is 0. The van der Waals surface area contributed by atoms with E-state index in [1.807, 2.05) is 7.05 Å². The van der Waals surface area contributed by atoms with Gasteiger partial charge in [0.15, 0.2) is 0 Å². The number of rotatable bonds is 4. The van der Waals surface area contributed by atoms with Crippen molar-refractivity contribution in [3.8, 4) is 5.75 Å². The van der Waals surface area contributed by atoms with Crippen LogP contribution in [0.25, 0.3) is 0 Å². The van der Waals surface area contributed by atoms with Crippen molar-refractivity contribution < 1.29 is 4.74 Å². The molecule has 20 heavy (non-hydrogen) atoms. The standard InChI is InChI=1S/C18H21NO/c1-13-6-8-14(9-7-13)12-20-18-5-3-4-15-16(18)10-11-17(15)19-2/h3-9,17,19H,10-12H2,1-2H3. The Morgan fingerprint density at radius 2 is 1.95 bits per heavy atom. The molecule has 104 valence electrons. The SMILES string of the molecule is CNC1CCc2c(OCc3ccc(C)cc3)cccc21. The third kappa shape index (κ3) is 2.56. The number of nitrogens with one attached hydrogen (secondary N) is 1. The van der Waals surface area contributed by atoms with Crippen LogP contribution in [0.5, 0.6) is 5.75 Å². The minimum absolute atomic E-state index is 0.480. The maximum Gasteiger partial charge on any atom is 0.123 e. The van der Waals surface area contributed by atoms with Crippen molar-refractivity contribution in [1.82, 2.24) is 5.32 Å². The van der Waals surface area contributed by atoms with Crippen molar-refractivity contribution in [3.63, 3.8) is 0 Å². The molecular weight excluding hydrogens is 246 g/mol. The van der Waals surface area contributed by atoms with Gasteiger partial charge in [0.05, 0.1) is 0 Å². The van der Waals surface area contributed by atoms with E-state index in [2.05, 4.69) is 54.7 Å². The van der Waals surface area contributed by atoms with E-state index in [9.17, 15) is 0 Å². The Labute approximate surface area is 120 Å². The Morgan fingerprint density at radius 1 is 1.15 bits per heavy atom. The van der Waals surface area contributed by atoms with E-state index in [0.29, 0.717) is 12.6 Å². The van der Waals surface area contributed by atoms with Crippen LogP contribution < -0.4 is 10.1 Å². The van der Waals surface area contributed by atoms with Gasteiger partial charge in [0.25, 0.3) is 0 Å². The molecule has 2 aromatic rings. The first kappa shape index (κ1) is 13.2. The predicted octanol–water partition coefficient (Wildman–Crippen LogP) is 3.78. The van der Waals surface area contributed by atoms with Gasteiger partial charge in [-0.2, -0.15) is 0 Å². The van der Waals surface area contributed by atoms with Crippen LogP contribution in [0.1, 0.15) is 34.7 Å². The molecular formula is C18H21NO. The zero-order valence-corrected chi connectivity index (χ0v) is 12.1. The molecule has 0 bridgehead atoms. The Morgan fingerprint density at radius 3 is 2.70 bits per heavy atom. The first-order chi connectivity index (χ1) is 9.78. The molecule has 2 heteroatoms. The molecule has 0 radical (unpaired) electrons. The molecule has 0 aromatic heterocycles. The van der Waals surface area contributed by atoms with Gasteiger partial charge in [0, 0.05) is 6.04 Å². The summed E-state index contributed by atoms with van der Waals surface area (Å²) >= 11 is 0. The summed E-state index contributed by atoms with van der Waals surface area (Å²) in [5.74, 6) is 1.04. The Bertz CT molecular complexity index is 589. The lowest BCUT2D eigenvalue weighted by atomic mass is 10.1. The largest absolute Gasteiger partial charge is 0.489 e. The molecule has 0 saturated heterocycles. The van der Waals surface area contributed by atoms with Crippen LogP contribution in [0.2, 0.25) is 0 Å². The van der Waals surface area contributed by atoms with E-state index in [1.54, 1.807) is 0 Å². The van der Waals surface area contributed by atoms with Crippen molar-refractivity contribution in [2.45, 2.75) is 32.4 Å². The minimum atomic E-state index is 0.480. The fourth-order valence-electron chi connectivity index (χ4n) is 2.90. The lowest BCUT2D eigenvalue weighted by Gasteiger charge is -2.13. The molecule has 1 aliphatic carbocycles. The quantitative estimate of drug-likeness (QED) is 0.910. The molecule has 2 aromatic carbocycles. The van der Waals surface area contributed by atoms with Gasteiger partial charge in [-0.1, -0.05) is 42.0 Å². The third-order valence-electron chi connectivity index (χ3n) is 4.09. The van der Waals surface area contributed by atoms with Gasteiger partial charge in [-0.05, 0) is 49.6 Å². The second-order valence-electron chi connectivity index (χ2n) is 5.48. The Kier molecular flexibility index (Phi) is 3.75. The normalized spacial score (nSPS) is 17.0. The highest BCUT2D eigenvalue weighted by atomic mass is 16.5. The molecule has 1 N–H and O–H groups in total. The molecule has 1 aliphatic rings. The first-order valence-electron chi connectivity index (χ1n) is 7.25. The maximum atomic E-state index is 6.04. The van der Waals surface area contributed by atoms with E-state index in [0.717, 1.165) is 18.6 Å². The van der Waals surface area contributed by atoms with E-state index >= 15 is 0 Å². The Balaban J connectivity index is 1.75. The number of fused-ring (bicyclic) bond motifs is 1. The third-order valence-corrected chi connectivity index (χ3v) is 4.09. The van der Waals surface area contributed by atoms with Crippen molar-refractivity contribution >= 4 is 0 Å². The van der Waals surface area contributed by atoms with Crippen LogP contribution in [0.15, 0.2) is 42.5 Å². The smallest absolute Gasteiger partial charge is 0.123 e. The van der Waals surface area contributed by atoms with E-state index in [1.165, 1.54) is 22.3 Å². The summed E-state index contributed by atoms with van der Waals surface area (Å²) in [6.45, 7) is 2.74. The monoisotopic (exact) mass is 267 g/mol. The number of benzene rings is 2. The van der Waals surface area contributed by atoms with Crippen molar-refractivity contribution in [2.75, 3.05) is 7.05 Å². The molecule has 3 rings (SSSR count). The van der Waals surface area contributed by atoms with Gasteiger partial charge in [-0.25, -0.2) is 0 Å². The van der Waals surface area contributed by atoms with Gasteiger partial charge in [-0.3, -0.25) is 0 Å². The van der Waals surface area contributed by atoms with Crippen molar-refractivity contribution in [1.29, 1.82) is 0 Å². The van der Waals surface area contributed by atoms with Gasteiger partial charge >= 0.3 is 0 Å².